The minimum absolute atomic E-state index is 0.00546. The van der Waals surface area contributed by atoms with Gasteiger partial charge in [-0.05, 0) is 6.07 Å². The second-order valence-electron chi connectivity index (χ2n) is 5.99. The van der Waals surface area contributed by atoms with Gasteiger partial charge in [-0.1, -0.05) is 0 Å². The summed E-state index contributed by atoms with van der Waals surface area (Å²) in [6.07, 6.45) is 4.98. The van der Waals surface area contributed by atoms with Crippen LogP contribution in [0.3, 0.4) is 0 Å². The maximum Gasteiger partial charge on any atom is 0.631 e. The Hall–Kier alpha value is -2.63. The van der Waals surface area contributed by atoms with E-state index in [1.165, 1.54) is 6.08 Å². The third kappa shape index (κ3) is 4.72. The first-order valence-electron chi connectivity index (χ1n) is 8.27. The molecule has 26 heavy (non-hydrogen) atoms. The lowest BCUT2D eigenvalue weighted by Crippen LogP contribution is -2.29. The summed E-state index contributed by atoms with van der Waals surface area (Å²) in [6.45, 7) is 5.41. The van der Waals surface area contributed by atoms with Crippen molar-refractivity contribution in [3.05, 3.63) is 41.6 Å². The topological polar surface area (TPSA) is 133 Å². The van der Waals surface area contributed by atoms with Crippen LogP contribution in [0.15, 0.2) is 41.6 Å². The number of ketones is 2. The Morgan fingerprint density at radius 2 is 1.46 bits per heavy atom. The van der Waals surface area contributed by atoms with E-state index < -0.39 is 7.32 Å². The summed E-state index contributed by atoms with van der Waals surface area (Å²) in [6, 6.07) is 1.83. The van der Waals surface area contributed by atoms with Crippen LogP contribution in [0, 0.1) is 0 Å². The van der Waals surface area contributed by atoms with Crippen molar-refractivity contribution in [3.8, 4) is 0 Å². The second-order valence-corrected chi connectivity index (χ2v) is 5.99. The quantitative estimate of drug-likeness (QED) is 0.263. The van der Waals surface area contributed by atoms with Crippen molar-refractivity contribution in [2.45, 2.75) is 0 Å². The second kappa shape index (κ2) is 7.73. The zero-order chi connectivity index (χ0) is 18.7. The summed E-state index contributed by atoms with van der Waals surface area (Å²) >= 11 is 0. The van der Waals surface area contributed by atoms with Gasteiger partial charge in [-0.15, -0.1) is 0 Å². The molecule has 11 heteroatoms. The number of carbonyl (C=O) groups is 2. The Balaban J connectivity index is 0.000000182. The lowest BCUT2D eigenvalue weighted by Gasteiger charge is -2.21. The first-order chi connectivity index (χ1) is 12.5. The summed E-state index contributed by atoms with van der Waals surface area (Å²) < 4.78 is 0. The molecule has 0 bridgehead atoms. The Morgan fingerprint density at radius 1 is 0.923 bits per heavy atom. The number of rotatable bonds is 3. The molecule has 1 aliphatic carbocycles. The van der Waals surface area contributed by atoms with E-state index >= 15 is 0 Å². The maximum absolute atomic E-state index is 12.4. The van der Waals surface area contributed by atoms with E-state index in [1.807, 2.05) is 20.8 Å². The molecule has 138 valence electrons. The zero-order valence-corrected chi connectivity index (χ0v) is 14.1. The highest BCUT2D eigenvalue weighted by Crippen LogP contribution is 2.33. The number of carbonyl (C=O) groups excluding carboxylic acids is 2. The monoisotopic (exact) mass is 361 g/mol. The zero-order valence-electron chi connectivity index (χ0n) is 14.1. The van der Waals surface area contributed by atoms with E-state index in [0.717, 1.165) is 39.3 Å². The normalized spacial score (nSPS) is 20.0. The number of H-pyrrole nitrogens is 1. The van der Waals surface area contributed by atoms with Gasteiger partial charge in [-0.3, -0.25) is 14.7 Å². The third-order valence-electron chi connectivity index (χ3n) is 3.89. The van der Waals surface area contributed by atoms with Gasteiger partial charge in [0.25, 0.3) is 0 Å². The van der Waals surface area contributed by atoms with Gasteiger partial charge in [0, 0.05) is 57.7 Å². The van der Waals surface area contributed by atoms with Gasteiger partial charge in [0.05, 0.1) is 5.70 Å². The van der Waals surface area contributed by atoms with Crippen molar-refractivity contribution in [1.82, 2.24) is 24.9 Å². The first kappa shape index (κ1) is 18.2. The van der Waals surface area contributed by atoms with Crippen molar-refractivity contribution in [2.24, 2.45) is 0 Å². The van der Waals surface area contributed by atoms with Crippen LogP contribution in [0.2, 0.25) is 0 Å². The van der Waals surface area contributed by atoms with E-state index in [9.17, 15) is 9.59 Å². The molecule has 0 atom stereocenters. The van der Waals surface area contributed by atoms with Gasteiger partial charge in [-0.2, -0.15) is 5.10 Å². The standard InChI is InChI=1S/C12H13N3O2.C3H4N2.BH3O3/c16-9-7-8(13-1-2-13)12(17)11(15-5-6-15)10(9)14-3-4-14;1-2-4-5-3-1;2-1(3)4/h7H,1-6H2;1-3H,(H,4,5);2-4H. The van der Waals surface area contributed by atoms with Crippen LogP contribution in [-0.2, 0) is 9.59 Å². The summed E-state index contributed by atoms with van der Waals surface area (Å²) in [5.74, 6) is 0.0485. The number of hydrogen-bond acceptors (Lipinski definition) is 9. The average molecular weight is 361 g/mol. The highest BCUT2D eigenvalue weighted by atomic mass is 16.5. The molecule has 3 aliphatic heterocycles. The fourth-order valence-corrected chi connectivity index (χ4v) is 2.49. The molecular weight excluding hydrogens is 341 g/mol. The molecule has 1 aromatic rings. The molecule has 3 saturated heterocycles. The van der Waals surface area contributed by atoms with Gasteiger partial charge in [0.15, 0.2) is 0 Å². The maximum atomic E-state index is 12.4. The highest BCUT2D eigenvalue weighted by Gasteiger charge is 2.43. The van der Waals surface area contributed by atoms with Crippen molar-refractivity contribution in [1.29, 1.82) is 0 Å². The Morgan fingerprint density at radius 3 is 1.85 bits per heavy atom. The number of hydrogen-bond donors (Lipinski definition) is 4. The number of nitrogens with one attached hydrogen (secondary N) is 1. The van der Waals surface area contributed by atoms with Crippen LogP contribution >= 0.6 is 0 Å². The predicted molar refractivity (Wildman–Crippen MR) is 90.8 cm³/mol. The molecule has 0 amide bonds. The van der Waals surface area contributed by atoms with E-state index in [2.05, 4.69) is 10.2 Å². The summed E-state index contributed by atoms with van der Waals surface area (Å²) in [5.41, 5.74) is 1.89. The van der Waals surface area contributed by atoms with E-state index in [1.54, 1.807) is 12.4 Å². The van der Waals surface area contributed by atoms with E-state index in [4.69, 9.17) is 15.1 Å². The molecule has 0 unspecified atom stereocenters. The number of allylic oxidation sites excluding steroid dienone is 1. The molecule has 4 N–H and O–H groups in total. The number of nitrogens with zero attached hydrogens (tertiary/aromatic N) is 4. The fourth-order valence-electron chi connectivity index (χ4n) is 2.49. The summed E-state index contributed by atoms with van der Waals surface area (Å²) in [7, 11) is -2.17. The Labute approximate surface area is 150 Å². The molecule has 0 saturated carbocycles. The SMILES string of the molecule is O=C1C=C(N2CC2)C(=O)C(N2CC2)=C1N1CC1.OB(O)O.c1cn[nH]c1. The smallest absolute Gasteiger partial charge is 0.402 e. The van der Waals surface area contributed by atoms with Crippen molar-refractivity contribution in [3.63, 3.8) is 0 Å². The van der Waals surface area contributed by atoms with Gasteiger partial charge in [0.1, 0.15) is 11.4 Å². The molecule has 0 aromatic carbocycles. The van der Waals surface area contributed by atoms with Crippen LogP contribution in [-0.4, -0.2) is 98.1 Å². The van der Waals surface area contributed by atoms with Gasteiger partial charge in [-0.25, -0.2) is 0 Å². The van der Waals surface area contributed by atoms with Crippen LogP contribution in [0.25, 0.3) is 0 Å². The minimum atomic E-state index is -2.17. The third-order valence-corrected chi connectivity index (χ3v) is 3.89. The lowest BCUT2D eigenvalue weighted by atomic mass is 10.0. The molecule has 4 aliphatic rings. The Kier molecular flexibility index (Phi) is 5.40. The number of Topliss-reactive ketones (excluding diaryl/α,β-unsaturated/α-hetero) is 1. The molecule has 0 spiro atoms. The predicted octanol–water partition coefficient (Wildman–Crippen LogP) is -2.46. The molecule has 1 aromatic heterocycles. The Bertz CT molecular complexity index is 701. The number of aromatic nitrogens is 2. The highest BCUT2D eigenvalue weighted by molar-refractivity contribution is 6.30. The number of aromatic amines is 1. The van der Waals surface area contributed by atoms with Crippen LogP contribution in [0.1, 0.15) is 0 Å². The molecular formula is C15H20BN5O5. The summed E-state index contributed by atoms with van der Waals surface area (Å²) in [4.78, 5) is 30.5. The molecule has 10 nitrogen and oxygen atoms in total. The average Bonchev–Trinajstić information content (AvgIpc) is 3.44. The van der Waals surface area contributed by atoms with Crippen molar-refractivity contribution in [2.75, 3.05) is 39.3 Å². The first-order valence-corrected chi connectivity index (χ1v) is 8.27. The largest absolute Gasteiger partial charge is 0.631 e. The van der Waals surface area contributed by atoms with Gasteiger partial charge >= 0.3 is 7.32 Å². The van der Waals surface area contributed by atoms with Crippen LogP contribution < -0.4 is 0 Å². The molecule has 4 heterocycles. The molecule has 3 fully saturated rings. The van der Waals surface area contributed by atoms with Gasteiger partial charge < -0.3 is 29.8 Å². The summed E-state index contributed by atoms with van der Waals surface area (Å²) in [5, 5.41) is 27.7. The lowest BCUT2D eigenvalue weighted by molar-refractivity contribution is -0.117. The van der Waals surface area contributed by atoms with Crippen molar-refractivity contribution < 1.29 is 24.7 Å². The molecule has 0 radical (unpaired) electrons. The van der Waals surface area contributed by atoms with Crippen LogP contribution in [0.4, 0.5) is 0 Å². The van der Waals surface area contributed by atoms with Crippen molar-refractivity contribution >= 4 is 18.9 Å². The fraction of sp³-hybridized carbons (Fsp3) is 0.400. The minimum Gasteiger partial charge on any atom is -0.402 e. The van der Waals surface area contributed by atoms with Crippen LogP contribution in [0.5, 0.6) is 0 Å². The van der Waals surface area contributed by atoms with Gasteiger partial charge in [0.2, 0.25) is 11.6 Å². The van der Waals surface area contributed by atoms with E-state index in [0.29, 0.717) is 17.1 Å². The molecule has 5 rings (SSSR count). The van der Waals surface area contributed by atoms with E-state index in [-0.39, 0.29) is 11.6 Å².